The highest BCUT2D eigenvalue weighted by Crippen LogP contribution is 2.26. The fourth-order valence-corrected chi connectivity index (χ4v) is 3.20. The normalized spacial score (nSPS) is 10.8. The average molecular weight is 305 g/mol. The number of hydrogen-bond donors (Lipinski definition) is 1. The molecule has 0 amide bonds. The first-order chi connectivity index (χ1) is 10.1. The zero-order valence-electron chi connectivity index (χ0n) is 12.2. The number of thiazole rings is 1. The molecule has 1 aromatic heterocycles. The predicted molar refractivity (Wildman–Crippen MR) is 83.2 cm³/mol. The fourth-order valence-electron chi connectivity index (χ4n) is 2.01. The van der Waals surface area contributed by atoms with Gasteiger partial charge in [-0.2, -0.15) is 0 Å². The molecule has 0 aliphatic rings. The van der Waals surface area contributed by atoms with Crippen LogP contribution in [0.1, 0.15) is 35.3 Å². The molecule has 0 radical (unpaired) electrons. The Kier molecular flexibility index (Phi) is 5.33. The quantitative estimate of drug-likeness (QED) is 0.850. The summed E-state index contributed by atoms with van der Waals surface area (Å²) in [4.78, 5) is 16.3. The van der Waals surface area contributed by atoms with Crippen LogP contribution in [0.3, 0.4) is 0 Å². The second kappa shape index (κ2) is 7.22. The summed E-state index contributed by atoms with van der Waals surface area (Å²) in [5.41, 5.74) is 0.900. The third-order valence-corrected chi connectivity index (χ3v) is 4.09. The van der Waals surface area contributed by atoms with Crippen LogP contribution in [0.2, 0.25) is 0 Å². The molecule has 1 aromatic carbocycles. The number of aliphatic carboxylic acids is 1. The van der Waals surface area contributed by atoms with E-state index in [1.54, 1.807) is 0 Å². The number of aromatic nitrogens is 1. The molecular weight excluding hydrogens is 286 g/mol. The molecule has 1 N–H and O–H groups in total. The molecule has 0 saturated carbocycles. The third-order valence-electron chi connectivity index (χ3n) is 2.96. The molecule has 4 nitrogen and oxygen atoms in total. The molecule has 0 unspecified atom stereocenters. The number of nitrogens with zero attached hydrogens (tertiary/aromatic N) is 1. The summed E-state index contributed by atoms with van der Waals surface area (Å²) in [6.07, 6.45) is 0.740. The minimum Gasteiger partial charge on any atom is -0.493 e. The van der Waals surface area contributed by atoms with E-state index in [0.29, 0.717) is 13.0 Å². The zero-order valence-corrected chi connectivity index (χ0v) is 13.0. The Bertz CT molecular complexity index is 593. The Hall–Kier alpha value is -1.88. The van der Waals surface area contributed by atoms with E-state index in [9.17, 15) is 4.79 Å². The second-order valence-electron chi connectivity index (χ2n) is 5.05. The lowest BCUT2D eigenvalue weighted by atomic mass is 10.1. The van der Waals surface area contributed by atoms with Crippen LogP contribution >= 0.6 is 11.3 Å². The van der Waals surface area contributed by atoms with Crippen molar-refractivity contribution in [1.82, 2.24) is 4.98 Å². The lowest BCUT2D eigenvalue weighted by Crippen LogP contribution is -2.02. The van der Waals surface area contributed by atoms with Crippen LogP contribution in [0.15, 0.2) is 30.3 Å². The van der Waals surface area contributed by atoms with Crippen LogP contribution in [0, 0.1) is 0 Å². The van der Waals surface area contributed by atoms with Crippen LogP contribution in [-0.4, -0.2) is 22.7 Å². The van der Waals surface area contributed by atoms with Gasteiger partial charge in [0.15, 0.2) is 0 Å². The first kappa shape index (κ1) is 15.5. The molecule has 0 aliphatic heterocycles. The highest BCUT2D eigenvalue weighted by Gasteiger charge is 2.16. The summed E-state index contributed by atoms with van der Waals surface area (Å²) in [6, 6.07) is 9.64. The van der Waals surface area contributed by atoms with E-state index in [0.717, 1.165) is 21.3 Å². The van der Waals surface area contributed by atoms with E-state index in [1.807, 2.05) is 44.2 Å². The number of carboxylic acid groups (broad SMARTS) is 1. The molecule has 5 heteroatoms. The van der Waals surface area contributed by atoms with Crippen molar-refractivity contribution in [3.8, 4) is 5.75 Å². The lowest BCUT2D eigenvalue weighted by molar-refractivity contribution is -0.136. The summed E-state index contributed by atoms with van der Waals surface area (Å²) in [6.45, 7) is 4.61. The van der Waals surface area contributed by atoms with E-state index in [1.165, 1.54) is 11.3 Å². The Balaban J connectivity index is 1.98. The van der Waals surface area contributed by atoms with Crippen molar-refractivity contribution in [1.29, 1.82) is 0 Å². The molecule has 0 fully saturated rings. The lowest BCUT2D eigenvalue weighted by Gasteiger charge is -2.04. The summed E-state index contributed by atoms with van der Waals surface area (Å²) < 4.78 is 5.65. The van der Waals surface area contributed by atoms with Gasteiger partial charge in [0.2, 0.25) is 0 Å². The SMILES string of the molecule is CC(C)c1nc(CCOc2ccccc2)sc1CC(=O)O. The van der Waals surface area contributed by atoms with Crippen molar-refractivity contribution in [2.75, 3.05) is 6.61 Å². The van der Waals surface area contributed by atoms with Gasteiger partial charge >= 0.3 is 5.97 Å². The summed E-state index contributed by atoms with van der Waals surface area (Å²) in [5.74, 6) is 0.260. The minimum atomic E-state index is -0.812. The van der Waals surface area contributed by atoms with Gasteiger partial charge in [-0.05, 0) is 18.1 Å². The number of benzene rings is 1. The van der Waals surface area contributed by atoms with Crippen molar-refractivity contribution in [2.45, 2.75) is 32.6 Å². The molecular formula is C16H19NO3S. The van der Waals surface area contributed by atoms with Crippen molar-refractivity contribution < 1.29 is 14.6 Å². The molecule has 1 heterocycles. The molecule has 112 valence electrons. The predicted octanol–water partition coefficient (Wildman–Crippen LogP) is 3.52. The molecule has 2 aromatic rings. The topological polar surface area (TPSA) is 59.4 Å². The highest BCUT2D eigenvalue weighted by molar-refractivity contribution is 7.11. The number of para-hydroxylation sites is 1. The van der Waals surface area contributed by atoms with Crippen molar-refractivity contribution in [3.63, 3.8) is 0 Å². The van der Waals surface area contributed by atoms with Crippen LogP contribution in [0.25, 0.3) is 0 Å². The summed E-state index contributed by atoms with van der Waals surface area (Å²) in [7, 11) is 0. The minimum absolute atomic E-state index is 0.0464. The first-order valence-electron chi connectivity index (χ1n) is 6.94. The molecule has 0 spiro atoms. The maximum absolute atomic E-state index is 10.9. The van der Waals surface area contributed by atoms with Gasteiger partial charge in [-0.15, -0.1) is 11.3 Å². The maximum atomic E-state index is 10.9. The smallest absolute Gasteiger partial charge is 0.308 e. The van der Waals surface area contributed by atoms with Gasteiger partial charge in [-0.1, -0.05) is 32.0 Å². The standard InChI is InChI=1S/C16H19NO3S/c1-11(2)16-13(10-15(18)19)21-14(17-16)8-9-20-12-6-4-3-5-7-12/h3-7,11H,8-10H2,1-2H3,(H,18,19). The van der Waals surface area contributed by atoms with Crippen LogP contribution < -0.4 is 4.74 Å². The average Bonchev–Trinajstić information content (AvgIpc) is 2.82. The number of ether oxygens (including phenoxy) is 1. The van der Waals surface area contributed by atoms with Crippen LogP contribution in [0.4, 0.5) is 0 Å². The summed E-state index contributed by atoms with van der Waals surface area (Å²) in [5, 5.41) is 9.90. The van der Waals surface area contributed by atoms with Gasteiger partial charge in [0.25, 0.3) is 0 Å². The van der Waals surface area contributed by atoms with Gasteiger partial charge in [0.1, 0.15) is 5.75 Å². The van der Waals surface area contributed by atoms with Gasteiger partial charge < -0.3 is 9.84 Å². The second-order valence-corrected chi connectivity index (χ2v) is 6.22. The number of rotatable bonds is 7. The van der Waals surface area contributed by atoms with Crippen LogP contribution in [0.5, 0.6) is 5.75 Å². The Morgan fingerprint density at radius 1 is 1.33 bits per heavy atom. The Labute approximate surface area is 128 Å². The van der Waals surface area contributed by atoms with Gasteiger partial charge in [-0.3, -0.25) is 4.79 Å². The van der Waals surface area contributed by atoms with E-state index >= 15 is 0 Å². The molecule has 2 rings (SSSR count). The van der Waals surface area contributed by atoms with Gasteiger partial charge in [0.05, 0.1) is 23.7 Å². The Morgan fingerprint density at radius 3 is 2.67 bits per heavy atom. The molecule has 0 atom stereocenters. The zero-order chi connectivity index (χ0) is 15.2. The molecule has 0 aliphatic carbocycles. The van der Waals surface area contributed by atoms with Crippen LogP contribution in [-0.2, 0) is 17.6 Å². The fraction of sp³-hybridized carbons (Fsp3) is 0.375. The van der Waals surface area contributed by atoms with E-state index in [4.69, 9.17) is 9.84 Å². The van der Waals surface area contributed by atoms with Gasteiger partial charge in [0, 0.05) is 11.3 Å². The first-order valence-corrected chi connectivity index (χ1v) is 7.76. The number of hydrogen-bond acceptors (Lipinski definition) is 4. The number of carbonyl (C=O) groups is 1. The summed E-state index contributed by atoms with van der Waals surface area (Å²) >= 11 is 1.48. The van der Waals surface area contributed by atoms with E-state index in [-0.39, 0.29) is 12.3 Å². The largest absolute Gasteiger partial charge is 0.493 e. The van der Waals surface area contributed by atoms with E-state index < -0.39 is 5.97 Å². The third kappa shape index (κ3) is 4.56. The van der Waals surface area contributed by atoms with Gasteiger partial charge in [-0.25, -0.2) is 4.98 Å². The monoisotopic (exact) mass is 305 g/mol. The van der Waals surface area contributed by atoms with E-state index in [2.05, 4.69) is 4.98 Å². The number of carboxylic acids is 1. The molecule has 21 heavy (non-hydrogen) atoms. The van der Waals surface area contributed by atoms with Crippen molar-refractivity contribution in [2.24, 2.45) is 0 Å². The Morgan fingerprint density at radius 2 is 2.05 bits per heavy atom. The highest BCUT2D eigenvalue weighted by atomic mass is 32.1. The molecule has 0 saturated heterocycles. The van der Waals surface area contributed by atoms with Crippen molar-refractivity contribution in [3.05, 3.63) is 45.9 Å². The molecule has 0 bridgehead atoms. The van der Waals surface area contributed by atoms with Crippen molar-refractivity contribution >= 4 is 17.3 Å². The maximum Gasteiger partial charge on any atom is 0.308 e.